The molecular weight excluding hydrogens is 216 g/mol. The zero-order valence-electron chi connectivity index (χ0n) is 9.49. The highest BCUT2D eigenvalue weighted by Crippen LogP contribution is 2.17. The molecule has 1 rings (SSSR count). The number of hydrogen-bond donors (Lipinski definition) is 1. The van der Waals surface area contributed by atoms with E-state index in [4.69, 9.17) is 10.5 Å². The summed E-state index contributed by atoms with van der Waals surface area (Å²) in [5.41, 5.74) is 5.17. The van der Waals surface area contributed by atoms with Crippen LogP contribution in [0.3, 0.4) is 0 Å². The summed E-state index contributed by atoms with van der Waals surface area (Å²) >= 11 is 0. The number of carbonyl (C=O) groups is 1. The third kappa shape index (κ3) is 4.82. The summed E-state index contributed by atoms with van der Waals surface area (Å²) in [6.45, 7) is 6.65. The molecule has 2 N–H and O–H groups in total. The number of nitrogens with two attached hydrogens (primary N) is 1. The highest BCUT2D eigenvalue weighted by atomic mass is 35.5. The first kappa shape index (κ1) is 14.7. The van der Waals surface area contributed by atoms with Gasteiger partial charge >= 0.3 is 0 Å². The minimum absolute atomic E-state index is 0. The lowest BCUT2D eigenvalue weighted by molar-refractivity contribution is -0.145. The molecule has 90 valence electrons. The fraction of sp³-hybridized carbons (Fsp3) is 0.900. The van der Waals surface area contributed by atoms with Gasteiger partial charge in [-0.2, -0.15) is 0 Å². The second-order valence-electron chi connectivity index (χ2n) is 4.32. The molecule has 0 bridgehead atoms. The van der Waals surface area contributed by atoms with Gasteiger partial charge in [-0.25, -0.2) is 0 Å². The Labute approximate surface area is 97.5 Å². The van der Waals surface area contributed by atoms with Crippen LogP contribution in [0.25, 0.3) is 0 Å². The maximum Gasteiger partial charge on any atom is 0.222 e. The van der Waals surface area contributed by atoms with Crippen molar-refractivity contribution in [3.8, 4) is 0 Å². The van der Waals surface area contributed by atoms with Crippen molar-refractivity contribution in [2.24, 2.45) is 5.73 Å². The van der Waals surface area contributed by atoms with E-state index >= 15 is 0 Å². The maximum absolute atomic E-state index is 11.7. The molecule has 0 aromatic carbocycles. The lowest BCUT2D eigenvalue weighted by Gasteiger charge is -2.38. The van der Waals surface area contributed by atoms with Gasteiger partial charge in [-0.3, -0.25) is 4.79 Å². The Kier molecular flexibility index (Phi) is 6.17. The molecule has 4 nitrogen and oxygen atoms in total. The number of carbonyl (C=O) groups excluding carboxylic acids is 1. The molecular formula is C10H21ClN2O2. The predicted molar refractivity (Wildman–Crippen MR) is 62.1 cm³/mol. The summed E-state index contributed by atoms with van der Waals surface area (Å²) in [5, 5.41) is 0. The van der Waals surface area contributed by atoms with Crippen molar-refractivity contribution < 1.29 is 9.53 Å². The van der Waals surface area contributed by atoms with Crippen molar-refractivity contribution in [3.05, 3.63) is 0 Å². The van der Waals surface area contributed by atoms with Gasteiger partial charge < -0.3 is 15.4 Å². The Morgan fingerprint density at radius 3 is 2.73 bits per heavy atom. The van der Waals surface area contributed by atoms with E-state index in [0.29, 0.717) is 32.7 Å². The highest BCUT2D eigenvalue weighted by molar-refractivity contribution is 5.85. The van der Waals surface area contributed by atoms with Crippen LogP contribution >= 0.6 is 12.4 Å². The molecule has 0 unspecified atom stereocenters. The smallest absolute Gasteiger partial charge is 0.222 e. The Morgan fingerprint density at radius 1 is 1.53 bits per heavy atom. The van der Waals surface area contributed by atoms with Gasteiger partial charge in [-0.1, -0.05) is 0 Å². The molecule has 0 aromatic heterocycles. The summed E-state index contributed by atoms with van der Waals surface area (Å²) in [4.78, 5) is 13.5. The number of rotatable bonds is 3. The average Bonchev–Trinajstić information content (AvgIpc) is 2.12. The van der Waals surface area contributed by atoms with Gasteiger partial charge in [0.1, 0.15) is 0 Å². The van der Waals surface area contributed by atoms with E-state index in [1.54, 1.807) is 0 Å². The molecule has 0 aliphatic carbocycles. The van der Waals surface area contributed by atoms with Crippen LogP contribution < -0.4 is 5.73 Å². The third-order valence-corrected chi connectivity index (χ3v) is 2.37. The lowest BCUT2D eigenvalue weighted by atomic mass is 10.1. The van der Waals surface area contributed by atoms with Crippen LogP contribution in [0.2, 0.25) is 0 Å². The molecule has 15 heavy (non-hydrogen) atoms. The van der Waals surface area contributed by atoms with Gasteiger partial charge in [0.15, 0.2) is 0 Å². The van der Waals surface area contributed by atoms with Crippen molar-refractivity contribution >= 4 is 18.3 Å². The van der Waals surface area contributed by atoms with E-state index in [1.807, 2.05) is 18.7 Å². The summed E-state index contributed by atoms with van der Waals surface area (Å²) in [7, 11) is 0. The average molecular weight is 237 g/mol. The number of nitrogens with zero attached hydrogens (tertiary/aromatic N) is 1. The van der Waals surface area contributed by atoms with Gasteiger partial charge in [0.05, 0.1) is 12.2 Å². The number of ether oxygens (including phenoxy) is 1. The standard InChI is InChI=1S/C10H20N2O2.ClH/c1-10(2)8-12(6-7-14-10)9(13)4-3-5-11;/h3-8,11H2,1-2H3;1H. The SMILES string of the molecule is CC1(C)CN(C(=O)CCCN)CCO1.Cl. The quantitative estimate of drug-likeness (QED) is 0.788. The third-order valence-electron chi connectivity index (χ3n) is 2.37. The van der Waals surface area contributed by atoms with Crippen molar-refractivity contribution in [3.63, 3.8) is 0 Å². The summed E-state index contributed by atoms with van der Waals surface area (Å²) in [6.07, 6.45) is 1.34. The fourth-order valence-corrected chi connectivity index (χ4v) is 1.64. The van der Waals surface area contributed by atoms with Crippen LogP contribution in [0, 0.1) is 0 Å². The zero-order chi connectivity index (χ0) is 10.6. The molecule has 1 amide bonds. The van der Waals surface area contributed by atoms with Gasteiger partial charge in [-0.15, -0.1) is 12.4 Å². The molecule has 1 aliphatic heterocycles. The van der Waals surface area contributed by atoms with Crippen LogP contribution in [-0.4, -0.2) is 42.6 Å². The maximum atomic E-state index is 11.7. The van der Waals surface area contributed by atoms with Gasteiger partial charge in [0, 0.05) is 19.5 Å². The summed E-state index contributed by atoms with van der Waals surface area (Å²) in [5.74, 6) is 0.201. The summed E-state index contributed by atoms with van der Waals surface area (Å²) in [6, 6.07) is 0. The van der Waals surface area contributed by atoms with Crippen LogP contribution in [0.5, 0.6) is 0 Å². The molecule has 0 aromatic rings. The second kappa shape index (κ2) is 6.30. The monoisotopic (exact) mass is 236 g/mol. The fourth-order valence-electron chi connectivity index (χ4n) is 1.64. The van der Waals surface area contributed by atoms with Crippen LogP contribution in [0.1, 0.15) is 26.7 Å². The second-order valence-corrected chi connectivity index (χ2v) is 4.32. The number of amides is 1. The van der Waals surface area contributed by atoms with E-state index in [9.17, 15) is 4.79 Å². The van der Waals surface area contributed by atoms with Crippen LogP contribution in [0.4, 0.5) is 0 Å². The predicted octanol–water partition coefficient (Wildman–Crippen LogP) is 0.785. The van der Waals surface area contributed by atoms with Crippen molar-refractivity contribution in [2.75, 3.05) is 26.2 Å². The van der Waals surface area contributed by atoms with E-state index in [0.717, 1.165) is 6.42 Å². The number of hydrogen-bond acceptors (Lipinski definition) is 3. The van der Waals surface area contributed by atoms with Crippen molar-refractivity contribution in [2.45, 2.75) is 32.3 Å². The Balaban J connectivity index is 0.00000196. The Hall–Kier alpha value is -0.320. The van der Waals surface area contributed by atoms with E-state index in [1.165, 1.54) is 0 Å². The topological polar surface area (TPSA) is 55.6 Å². The minimum atomic E-state index is -0.198. The first-order valence-electron chi connectivity index (χ1n) is 5.17. The first-order chi connectivity index (χ1) is 6.55. The van der Waals surface area contributed by atoms with Crippen molar-refractivity contribution in [1.29, 1.82) is 0 Å². The minimum Gasteiger partial charge on any atom is -0.372 e. The molecule has 5 heteroatoms. The number of halogens is 1. The molecule has 0 radical (unpaired) electrons. The molecule has 0 spiro atoms. The number of morpholine rings is 1. The van der Waals surface area contributed by atoms with Gasteiger partial charge in [-0.05, 0) is 26.8 Å². The largest absolute Gasteiger partial charge is 0.372 e. The molecule has 1 saturated heterocycles. The van der Waals surface area contributed by atoms with E-state index in [-0.39, 0.29) is 23.9 Å². The van der Waals surface area contributed by atoms with Gasteiger partial charge in [0.25, 0.3) is 0 Å². The van der Waals surface area contributed by atoms with E-state index in [2.05, 4.69) is 0 Å². The molecule has 1 fully saturated rings. The van der Waals surface area contributed by atoms with Crippen molar-refractivity contribution in [1.82, 2.24) is 4.90 Å². The molecule has 0 atom stereocenters. The molecule has 0 saturated carbocycles. The van der Waals surface area contributed by atoms with E-state index < -0.39 is 0 Å². The lowest BCUT2D eigenvalue weighted by Crippen LogP contribution is -2.50. The summed E-state index contributed by atoms with van der Waals surface area (Å²) < 4.78 is 5.53. The van der Waals surface area contributed by atoms with Crippen LogP contribution in [0.15, 0.2) is 0 Å². The highest BCUT2D eigenvalue weighted by Gasteiger charge is 2.29. The Bertz CT molecular complexity index is 210. The first-order valence-corrected chi connectivity index (χ1v) is 5.17. The van der Waals surface area contributed by atoms with Gasteiger partial charge in [0.2, 0.25) is 5.91 Å². The van der Waals surface area contributed by atoms with Crippen LogP contribution in [-0.2, 0) is 9.53 Å². The molecule has 1 aliphatic rings. The normalized spacial score (nSPS) is 19.5. The Morgan fingerprint density at radius 2 is 2.20 bits per heavy atom. The molecule has 1 heterocycles. The zero-order valence-corrected chi connectivity index (χ0v) is 10.3.